The molecule has 0 spiro atoms. The van der Waals surface area contributed by atoms with E-state index in [0.717, 1.165) is 128 Å². The minimum Gasteiger partial charge on any atom is -0.481 e. The molecule has 0 aromatic carbocycles. The van der Waals surface area contributed by atoms with Crippen LogP contribution in [0.2, 0.25) is 0 Å². The highest BCUT2D eigenvalue weighted by Crippen LogP contribution is 2.27. The summed E-state index contributed by atoms with van der Waals surface area (Å²) in [5.41, 5.74) is -0.849. The summed E-state index contributed by atoms with van der Waals surface area (Å²) in [6, 6.07) is 0. The van der Waals surface area contributed by atoms with Crippen molar-refractivity contribution in [1.82, 2.24) is 0 Å². The van der Waals surface area contributed by atoms with Gasteiger partial charge in [0, 0.05) is 18.4 Å². The van der Waals surface area contributed by atoms with Crippen LogP contribution in [-0.2, 0) is 19.1 Å². The third kappa shape index (κ3) is 21.7. The summed E-state index contributed by atoms with van der Waals surface area (Å²) < 4.78 is 5.36. The molecule has 0 rings (SSSR count). The van der Waals surface area contributed by atoms with Gasteiger partial charge in [-0.15, -0.1) is 0 Å². The molecule has 0 heterocycles. The van der Waals surface area contributed by atoms with Crippen molar-refractivity contribution in [3.8, 4) is 0 Å². The quantitative estimate of drug-likeness (QED) is 0.0343. The number of hydrogen-bond donors (Lipinski definition) is 5. The molecule has 0 saturated carbocycles. The Kier molecular flexibility index (Phi) is 25.4. The van der Waals surface area contributed by atoms with Gasteiger partial charge in [0.2, 0.25) is 0 Å². The van der Waals surface area contributed by atoms with Crippen molar-refractivity contribution in [2.75, 3.05) is 26.4 Å². The predicted molar refractivity (Wildman–Crippen MR) is 164 cm³/mol. The number of rotatable bonds is 31. The van der Waals surface area contributed by atoms with Gasteiger partial charge in [-0.1, -0.05) is 109 Å². The minimum atomic E-state index is -1.27. The highest BCUT2D eigenvalue weighted by Gasteiger charge is 2.31. The van der Waals surface area contributed by atoms with Crippen LogP contribution in [0.15, 0.2) is 12.2 Å². The average Bonchev–Trinajstić information content (AvgIpc) is 2.97. The number of aliphatic hydroxyl groups excluding tert-OH is 3. The number of aliphatic carboxylic acids is 2. The Morgan fingerprint density at radius 3 is 1.17 bits per heavy atom. The molecule has 0 unspecified atom stereocenters. The van der Waals surface area contributed by atoms with Crippen molar-refractivity contribution in [3.63, 3.8) is 0 Å². The predicted octanol–water partition coefficient (Wildman–Crippen LogP) is 6.42. The molecule has 0 atom stereocenters. The van der Waals surface area contributed by atoms with E-state index >= 15 is 0 Å². The van der Waals surface area contributed by atoms with Crippen LogP contribution < -0.4 is 0 Å². The molecule has 0 amide bonds. The van der Waals surface area contributed by atoms with E-state index in [1.54, 1.807) is 0 Å². The first-order valence-electron chi connectivity index (χ1n) is 16.3. The Balaban J connectivity index is 4.45. The molecule has 0 radical (unpaired) electrons. The summed E-state index contributed by atoms with van der Waals surface area (Å²) in [5, 5.41) is 45.9. The molecule has 0 aromatic rings. The van der Waals surface area contributed by atoms with Crippen molar-refractivity contribution < 1.29 is 44.7 Å². The van der Waals surface area contributed by atoms with E-state index in [0.29, 0.717) is 5.57 Å². The third-order valence-electron chi connectivity index (χ3n) is 8.16. The van der Waals surface area contributed by atoms with E-state index < -0.39 is 43.1 Å². The minimum absolute atomic E-state index is 0.00718. The Labute approximate surface area is 253 Å². The lowest BCUT2D eigenvalue weighted by Gasteiger charge is -2.27. The van der Waals surface area contributed by atoms with Gasteiger partial charge in [0.05, 0.1) is 25.2 Å². The average molecular weight is 601 g/mol. The van der Waals surface area contributed by atoms with Gasteiger partial charge < -0.3 is 30.3 Å². The number of unbranched alkanes of at least 4 members (excludes halogenated alkanes) is 16. The molecule has 5 N–H and O–H groups in total. The number of esters is 1. The second-order valence-corrected chi connectivity index (χ2v) is 12.0. The number of hydrogen-bond acceptors (Lipinski definition) is 7. The summed E-state index contributed by atoms with van der Waals surface area (Å²) >= 11 is 0. The number of ether oxygens (including phenoxy) is 1. The monoisotopic (exact) mass is 600 g/mol. The molecule has 246 valence electrons. The molecular weight excluding hydrogens is 540 g/mol. The molecule has 0 aliphatic rings. The van der Waals surface area contributed by atoms with Crippen LogP contribution in [0.3, 0.4) is 0 Å². The first kappa shape index (κ1) is 40.0. The van der Waals surface area contributed by atoms with Crippen LogP contribution in [0, 0.1) is 11.3 Å². The first-order valence-corrected chi connectivity index (χ1v) is 16.3. The van der Waals surface area contributed by atoms with Crippen LogP contribution in [-0.4, -0.2) is 69.9 Å². The maximum Gasteiger partial charge on any atom is 0.333 e. The van der Waals surface area contributed by atoms with E-state index in [4.69, 9.17) is 14.9 Å². The van der Waals surface area contributed by atoms with Crippen LogP contribution in [0.25, 0.3) is 0 Å². The second-order valence-electron chi connectivity index (χ2n) is 12.0. The third-order valence-corrected chi connectivity index (χ3v) is 8.16. The summed E-state index contributed by atoms with van der Waals surface area (Å²) in [4.78, 5) is 33.9. The van der Waals surface area contributed by atoms with E-state index in [9.17, 15) is 29.7 Å². The van der Waals surface area contributed by atoms with E-state index in [-0.39, 0.29) is 25.4 Å². The maximum atomic E-state index is 12.8. The Bertz CT molecular complexity index is 674. The van der Waals surface area contributed by atoms with Crippen molar-refractivity contribution in [2.45, 2.75) is 141 Å². The zero-order valence-corrected chi connectivity index (χ0v) is 26.0. The lowest BCUT2D eigenvalue weighted by molar-refractivity contribution is -0.147. The molecule has 42 heavy (non-hydrogen) atoms. The number of carboxylic acids is 2. The molecule has 0 aliphatic carbocycles. The zero-order valence-electron chi connectivity index (χ0n) is 26.0. The molecule has 0 aliphatic heterocycles. The van der Waals surface area contributed by atoms with E-state index in [2.05, 4.69) is 6.58 Å². The molecule has 9 heteroatoms. The van der Waals surface area contributed by atoms with Crippen LogP contribution >= 0.6 is 0 Å². The van der Waals surface area contributed by atoms with E-state index in [1.807, 2.05) is 0 Å². The lowest BCUT2D eigenvalue weighted by Crippen LogP contribution is -2.39. The number of aliphatic hydroxyl groups is 3. The molecule has 9 nitrogen and oxygen atoms in total. The summed E-state index contributed by atoms with van der Waals surface area (Å²) in [6.45, 7) is 2.30. The van der Waals surface area contributed by atoms with Crippen LogP contribution in [0.4, 0.5) is 0 Å². The fraction of sp³-hybridized carbons (Fsp3) is 0.848. The SMILES string of the molecule is C=C(C(=O)OCC(CO)(CO)CO)C(CCCCCCCCCCCC(=O)O)CCCCCCCCCCCC(=O)O. The molecule has 0 fully saturated rings. The van der Waals surface area contributed by atoms with Crippen molar-refractivity contribution in [3.05, 3.63) is 12.2 Å². The maximum absolute atomic E-state index is 12.8. The zero-order chi connectivity index (χ0) is 31.5. The molecule has 0 bridgehead atoms. The van der Waals surface area contributed by atoms with Gasteiger partial charge in [-0.05, 0) is 31.6 Å². The van der Waals surface area contributed by atoms with Gasteiger partial charge in [0.25, 0.3) is 0 Å². The molecule has 0 aromatic heterocycles. The molecular formula is C33H60O9. The summed E-state index contributed by atoms with van der Waals surface area (Å²) in [7, 11) is 0. The Morgan fingerprint density at radius 2 is 0.857 bits per heavy atom. The standard InChI is InChI=1S/C33H60O9/c1-28(32(41)42-27-33(24-34,25-35)26-36)29(20-16-12-8-4-2-6-10-14-18-22-30(37)38)21-17-13-9-5-3-7-11-15-19-23-31(39)40/h29,34-36H,1-27H2,(H,37,38)(H,39,40). The first-order chi connectivity index (χ1) is 20.2. The second kappa shape index (κ2) is 26.6. The fourth-order valence-electron chi connectivity index (χ4n) is 5.07. The van der Waals surface area contributed by atoms with Gasteiger partial charge in [-0.25, -0.2) is 4.79 Å². The number of carbonyl (C=O) groups excluding carboxylic acids is 1. The smallest absolute Gasteiger partial charge is 0.333 e. The van der Waals surface area contributed by atoms with E-state index in [1.165, 1.54) is 0 Å². The summed E-state index contributed by atoms with van der Waals surface area (Å²) in [5.74, 6) is -1.98. The highest BCUT2D eigenvalue weighted by atomic mass is 16.5. The number of carbonyl (C=O) groups is 3. The van der Waals surface area contributed by atoms with Crippen molar-refractivity contribution >= 4 is 17.9 Å². The van der Waals surface area contributed by atoms with Crippen molar-refractivity contribution in [1.29, 1.82) is 0 Å². The van der Waals surface area contributed by atoms with Gasteiger partial charge >= 0.3 is 17.9 Å². The van der Waals surface area contributed by atoms with Gasteiger partial charge in [0.15, 0.2) is 0 Å². The molecule has 0 saturated heterocycles. The van der Waals surface area contributed by atoms with Crippen LogP contribution in [0.5, 0.6) is 0 Å². The van der Waals surface area contributed by atoms with Gasteiger partial charge in [-0.2, -0.15) is 0 Å². The Hall–Kier alpha value is -1.97. The van der Waals surface area contributed by atoms with Crippen LogP contribution in [0.1, 0.15) is 141 Å². The normalized spacial score (nSPS) is 11.6. The summed E-state index contributed by atoms with van der Waals surface area (Å²) in [6.07, 6.45) is 21.1. The highest BCUT2D eigenvalue weighted by molar-refractivity contribution is 5.88. The fourth-order valence-corrected chi connectivity index (χ4v) is 5.07. The topological polar surface area (TPSA) is 162 Å². The number of carboxylic acid groups (broad SMARTS) is 2. The van der Waals surface area contributed by atoms with Crippen molar-refractivity contribution in [2.24, 2.45) is 11.3 Å². The van der Waals surface area contributed by atoms with Gasteiger partial charge in [-0.3, -0.25) is 9.59 Å². The lowest BCUT2D eigenvalue weighted by atomic mass is 9.88. The largest absolute Gasteiger partial charge is 0.481 e. The Morgan fingerprint density at radius 1 is 0.548 bits per heavy atom. The van der Waals surface area contributed by atoms with Gasteiger partial charge in [0.1, 0.15) is 6.61 Å².